The third-order valence-electron chi connectivity index (χ3n) is 3.17. The third kappa shape index (κ3) is 3.49. The molecule has 19 heavy (non-hydrogen) atoms. The standard InChI is InChI=1S/C12H16F2N2O2S/c13-10-4-1-5-11(12(10)14)19(17,18)16-8-9-3-2-6-15-7-9/h1,4-5,9,15-16H,2-3,6-8H2/t9-/m1/s1. The summed E-state index contributed by atoms with van der Waals surface area (Å²) in [4.78, 5) is -0.642. The molecule has 2 rings (SSSR count). The van der Waals surface area contributed by atoms with E-state index in [-0.39, 0.29) is 12.5 Å². The molecule has 2 N–H and O–H groups in total. The molecule has 0 aromatic heterocycles. The van der Waals surface area contributed by atoms with Crippen LogP contribution in [0.4, 0.5) is 8.78 Å². The van der Waals surface area contributed by atoms with Gasteiger partial charge in [-0.2, -0.15) is 0 Å². The maximum atomic E-state index is 13.5. The molecule has 1 saturated heterocycles. The fourth-order valence-electron chi connectivity index (χ4n) is 2.10. The Hall–Kier alpha value is -1.05. The average molecular weight is 290 g/mol. The molecular weight excluding hydrogens is 274 g/mol. The Morgan fingerprint density at radius 3 is 2.84 bits per heavy atom. The second-order valence-corrected chi connectivity index (χ2v) is 6.35. The van der Waals surface area contributed by atoms with Crippen LogP contribution >= 0.6 is 0 Å². The predicted octanol–water partition coefficient (Wildman–Crippen LogP) is 1.24. The van der Waals surface area contributed by atoms with Crippen LogP contribution in [0.2, 0.25) is 0 Å². The van der Waals surface area contributed by atoms with Crippen LogP contribution in [-0.2, 0) is 10.0 Å². The van der Waals surface area contributed by atoms with E-state index >= 15 is 0 Å². The van der Waals surface area contributed by atoms with Crippen LogP contribution in [0, 0.1) is 17.6 Å². The number of sulfonamides is 1. The number of benzene rings is 1. The molecule has 106 valence electrons. The minimum atomic E-state index is -4.01. The second-order valence-electron chi connectivity index (χ2n) is 4.62. The summed E-state index contributed by atoms with van der Waals surface area (Å²) in [6.07, 6.45) is 1.90. The lowest BCUT2D eigenvalue weighted by Crippen LogP contribution is -2.38. The lowest BCUT2D eigenvalue weighted by atomic mass is 10.0. The highest BCUT2D eigenvalue weighted by molar-refractivity contribution is 7.89. The molecule has 0 bridgehead atoms. The number of hydrogen-bond acceptors (Lipinski definition) is 3. The van der Waals surface area contributed by atoms with Crippen molar-refractivity contribution in [3.63, 3.8) is 0 Å². The van der Waals surface area contributed by atoms with E-state index in [1.54, 1.807) is 0 Å². The van der Waals surface area contributed by atoms with E-state index in [1.165, 1.54) is 6.07 Å². The topological polar surface area (TPSA) is 58.2 Å². The molecule has 1 heterocycles. The summed E-state index contributed by atoms with van der Waals surface area (Å²) >= 11 is 0. The highest BCUT2D eigenvalue weighted by Crippen LogP contribution is 2.17. The number of halogens is 2. The first kappa shape index (κ1) is 14.4. The molecule has 0 aliphatic carbocycles. The molecule has 4 nitrogen and oxygen atoms in total. The highest BCUT2D eigenvalue weighted by atomic mass is 32.2. The van der Waals surface area contributed by atoms with E-state index in [0.717, 1.165) is 38.1 Å². The van der Waals surface area contributed by atoms with Crippen molar-refractivity contribution >= 4 is 10.0 Å². The van der Waals surface area contributed by atoms with E-state index in [9.17, 15) is 17.2 Å². The van der Waals surface area contributed by atoms with E-state index in [1.807, 2.05) is 0 Å². The zero-order chi connectivity index (χ0) is 13.9. The molecular formula is C12H16F2N2O2S. The molecule has 0 saturated carbocycles. The maximum Gasteiger partial charge on any atom is 0.243 e. The normalized spacial score (nSPS) is 20.4. The highest BCUT2D eigenvalue weighted by Gasteiger charge is 2.23. The number of nitrogens with one attached hydrogen (secondary N) is 2. The van der Waals surface area contributed by atoms with E-state index in [2.05, 4.69) is 10.0 Å². The Bertz CT molecular complexity index is 543. The van der Waals surface area contributed by atoms with Crippen LogP contribution in [0.3, 0.4) is 0 Å². The summed E-state index contributed by atoms with van der Waals surface area (Å²) in [5.41, 5.74) is 0. The van der Waals surface area contributed by atoms with Crippen molar-refractivity contribution in [3.8, 4) is 0 Å². The van der Waals surface area contributed by atoms with E-state index < -0.39 is 26.6 Å². The Kier molecular flexibility index (Phi) is 4.49. The lowest BCUT2D eigenvalue weighted by Gasteiger charge is -2.22. The first-order valence-corrected chi connectivity index (χ1v) is 7.63. The average Bonchev–Trinajstić information content (AvgIpc) is 2.41. The summed E-state index contributed by atoms with van der Waals surface area (Å²) in [7, 11) is -4.01. The Morgan fingerprint density at radius 2 is 2.16 bits per heavy atom. The van der Waals surface area contributed by atoms with Gasteiger partial charge in [-0.15, -0.1) is 0 Å². The van der Waals surface area contributed by atoms with Crippen molar-refractivity contribution in [2.75, 3.05) is 19.6 Å². The van der Waals surface area contributed by atoms with Gasteiger partial charge in [0.05, 0.1) is 0 Å². The Balaban J connectivity index is 2.07. The van der Waals surface area contributed by atoms with Crippen molar-refractivity contribution in [2.24, 2.45) is 5.92 Å². The molecule has 0 unspecified atom stereocenters. The zero-order valence-corrected chi connectivity index (χ0v) is 11.1. The van der Waals surface area contributed by atoms with E-state index in [4.69, 9.17) is 0 Å². The molecule has 1 aliphatic rings. The van der Waals surface area contributed by atoms with Gasteiger partial charge >= 0.3 is 0 Å². The van der Waals surface area contributed by atoms with Gasteiger partial charge in [-0.1, -0.05) is 6.07 Å². The van der Waals surface area contributed by atoms with Crippen molar-refractivity contribution in [1.29, 1.82) is 0 Å². The minimum Gasteiger partial charge on any atom is -0.316 e. The molecule has 1 aromatic rings. The van der Waals surface area contributed by atoms with Gasteiger partial charge in [0.1, 0.15) is 4.90 Å². The molecule has 0 spiro atoms. The van der Waals surface area contributed by atoms with Gasteiger partial charge in [-0.25, -0.2) is 21.9 Å². The summed E-state index contributed by atoms with van der Waals surface area (Å²) in [6, 6.07) is 3.12. The second kappa shape index (κ2) is 5.94. The molecule has 0 radical (unpaired) electrons. The Labute approximate surface area is 111 Å². The fraction of sp³-hybridized carbons (Fsp3) is 0.500. The van der Waals surface area contributed by atoms with Gasteiger partial charge in [-0.3, -0.25) is 0 Å². The number of piperidine rings is 1. The van der Waals surface area contributed by atoms with Crippen LogP contribution in [0.1, 0.15) is 12.8 Å². The lowest BCUT2D eigenvalue weighted by molar-refractivity contribution is 0.375. The first-order chi connectivity index (χ1) is 9.00. The molecule has 1 aliphatic heterocycles. The summed E-state index contributed by atoms with van der Waals surface area (Å²) < 4.78 is 52.6. The largest absolute Gasteiger partial charge is 0.316 e. The molecule has 7 heteroatoms. The van der Waals surface area contributed by atoms with Gasteiger partial charge in [0.2, 0.25) is 10.0 Å². The van der Waals surface area contributed by atoms with Crippen LogP contribution < -0.4 is 10.0 Å². The first-order valence-electron chi connectivity index (χ1n) is 6.15. The van der Waals surface area contributed by atoms with E-state index in [0.29, 0.717) is 0 Å². The van der Waals surface area contributed by atoms with Crippen molar-refractivity contribution in [1.82, 2.24) is 10.0 Å². The molecule has 1 atom stereocenters. The van der Waals surface area contributed by atoms with Crippen LogP contribution in [0.25, 0.3) is 0 Å². The summed E-state index contributed by atoms with van der Waals surface area (Å²) in [5, 5.41) is 3.16. The van der Waals surface area contributed by atoms with Crippen molar-refractivity contribution < 1.29 is 17.2 Å². The van der Waals surface area contributed by atoms with Gasteiger partial charge in [-0.05, 0) is 44.0 Å². The monoisotopic (exact) mass is 290 g/mol. The van der Waals surface area contributed by atoms with Crippen molar-refractivity contribution in [3.05, 3.63) is 29.8 Å². The molecule has 1 fully saturated rings. The smallest absolute Gasteiger partial charge is 0.243 e. The SMILES string of the molecule is O=S(=O)(NC[C@@H]1CCCNC1)c1cccc(F)c1F. The van der Waals surface area contributed by atoms with Gasteiger partial charge in [0, 0.05) is 6.54 Å². The maximum absolute atomic E-state index is 13.5. The fourth-order valence-corrected chi connectivity index (χ4v) is 3.30. The number of hydrogen-bond donors (Lipinski definition) is 2. The van der Waals surface area contributed by atoms with Crippen LogP contribution in [0.5, 0.6) is 0 Å². The molecule has 1 aromatic carbocycles. The predicted molar refractivity (Wildman–Crippen MR) is 67.1 cm³/mol. The minimum absolute atomic E-state index is 0.181. The van der Waals surface area contributed by atoms with Crippen molar-refractivity contribution in [2.45, 2.75) is 17.7 Å². The van der Waals surface area contributed by atoms with Gasteiger partial charge in [0.25, 0.3) is 0 Å². The molecule has 0 amide bonds. The number of rotatable bonds is 4. The van der Waals surface area contributed by atoms with Crippen LogP contribution in [0.15, 0.2) is 23.1 Å². The Morgan fingerprint density at radius 1 is 1.37 bits per heavy atom. The van der Waals surface area contributed by atoms with Gasteiger partial charge in [0.15, 0.2) is 11.6 Å². The summed E-state index contributed by atoms with van der Waals surface area (Å²) in [5.74, 6) is -2.32. The zero-order valence-electron chi connectivity index (χ0n) is 10.3. The van der Waals surface area contributed by atoms with Crippen LogP contribution in [-0.4, -0.2) is 28.1 Å². The van der Waals surface area contributed by atoms with Gasteiger partial charge < -0.3 is 5.32 Å². The summed E-state index contributed by atoms with van der Waals surface area (Å²) in [6.45, 7) is 1.89. The third-order valence-corrected chi connectivity index (χ3v) is 4.61. The quantitative estimate of drug-likeness (QED) is 0.877.